The van der Waals surface area contributed by atoms with E-state index < -0.39 is 124 Å². The quantitative estimate of drug-likeness (QED) is 0.00506. The number of nitrogens with one attached hydrogen (secondary N) is 6. The minimum absolute atomic E-state index is 0.0146. The number of imide groups is 1. The number of carbonyl (C=O) groups is 7. The van der Waals surface area contributed by atoms with Crippen molar-refractivity contribution >= 4 is 70.3 Å². The maximum Gasteiger partial charge on any atom is 0.460 e. The van der Waals surface area contributed by atoms with E-state index >= 15 is 4.39 Å². The summed E-state index contributed by atoms with van der Waals surface area (Å²) in [4.78, 5) is 103. The molecule has 1 aliphatic heterocycles. The second-order valence-corrected chi connectivity index (χ2v) is 19.5. The molecule has 3 aromatic rings. The number of carbonyl (C=O) groups excluding carboxylic acids is 7. The maximum absolute atomic E-state index is 15.9. The summed E-state index contributed by atoms with van der Waals surface area (Å²) in [7, 11) is 0. The highest BCUT2D eigenvalue weighted by molar-refractivity contribution is 7.99. The molecule has 26 nitrogen and oxygen atoms in total. The van der Waals surface area contributed by atoms with Gasteiger partial charge in [0, 0.05) is 66.4 Å². The van der Waals surface area contributed by atoms with Crippen LogP contribution in [0.4, 0.5) is 46.5 Å². The molecule has 2 atom stereocenters. The molecule has 0 spiro atoms. The molecule has 0 unspecified atom stereocenters. The number of nitro groups is 1. The Morgan fingerprint density at radius 2 is 1.47 bits per heavy atom. The zero-order chi connectivity index (χ0) is 63.8. The molecule has 470 valence electrons. The zero-order valence-electron chi connectivity index (χ0n) is 46.2. The molecule has 35 heteroatoms. The number of nitrogens with zero attached hydrogens (tertiary/aromatic N) is 6. The molecule has 0 fully saturated rings. The van der Waals surface area contributed by atoms with Crippen LogP contribution >= 0.6 is 11.8 Å². The average molecular weight is 1250 g/mol. The predicted octanol–water partition coefficient (Wildman–Crippen LogP) is 3.19. The number of nitro benzene ring substituents is 1. The fourth-order valence-corrected chi connectivity index (χ4v) is 7.90. The van der Waals surface area contributed by atoms with Crippen molar-refractivity contribution in [2.45, 2.75) is 86.9 Å². The van der Waals surface area contributed by atoms with Gasteiger partial charge in [0.2, 0.25) is 23.6 Å². The van der Waals surface area contributed by atoms with Gasteiger partial charge in [-0.1, -0.05) is 37.8 Å². The number of allylic oxidation sites excluding steroid dienone is 2. The van der Waals surface area contributed by atoms with Crippen LogP contribution in [0.25, 0.3) is 0 Å². The topological polar surface area (TPSA) is 341 Å². The predicted molar refractivity (Wildman–Crippen MR) is 285 cm³/mol. The van der Waals surface area contributed by atoms with Crippen LogP contribution in [0.2, 0.25) is 0 Å². The van der Waals surface area contributed by atoms with Crippen molar-refractivity contribution in [3.63, 3.8) is 0 Å². The van der Waals surface area contributed by atoms with Gasteiger partial charge in [0.05, 0.1) is 76.5 Å². The maximum atomic E-state index is 15.9. The number of H-pyrrole nitrogens is 1. The summed E-state index contributed by atoms with van der Waals surface area (Å²) in [5, 5.41) is 43.0. The first-order valence-corrected chi connectivity index (χ1v) is 26.6. The van der Waals surface area contributed by atoms with Gasteiger partial charge in [-0.05, 0) is 54.4 Å². The lowest BCUT2D eigenvalue weighted by molar-refractivity contribution is -0.788. The molecule has 2 heterocycles. The van der Waals surface area contributed by atoms with E-state index in [9.17, 15) is 79.5 Å². The van der Waals surface area contributed by atoms with E-state index in [4.69, 9.17) is 18.9 Å². The summed E-state index contributed by atoms with van der Waals surface area (Å²) >= 11 is 0.647. The summed E-state index contributed by atoms with van der Waals surface area (Å²) in [5.41, 5.74) is -3.48. The number of aliphatic hydroxyl groups excluding tert-OH is 1. The Bertz CT molecular complexity index is 2970. The van der Waals surface area contributed by atoms with Crippen LogP contribution in [-0.4, -0.2) is 180 Å². The molecule has 1 aromatic heterocycles. The molecule has 0 radical (unpaired) electrons. The van der Waals surface area contributed by atoms with E-state index in [0.29, 0.717) is 17.8 Å². The highest BCUT2D eigenvalue weighted by Crippen LogP contribution is 2.50. The van der Waals surface area contributed by atoms with Gasteiger partial charge in [-0.25, -0.2) is 4.39 Å². The van der Waals surface area contributed by atoms with E-state index in [1.807, 2.05) is 5.32 Å². The molecule has 7 N–H and O–H groups in total. The number of amides is 7. The van der Waals surface area contributed by atoms with Gasteiger partial charge in [-0.15, -0.1) is 0 Å². The van der Waals surface area contributed by atoms with Crippen LogP contribution in [0.15, 0.2) is 93.7 Å². The minimum atomic E-state index is -6.83. The van der Waals surface area contributed by atoms with Crippen LogP contribution in [-0.2, 0) is 60.8 Å². The number of anilines is 1. The minimum Gasteiger partial charge on any atom is -0.393 e. The molecule has 1 aliphatic rings. The summed E-state index contributed by atoms with van der Waals surface area (Å²) in [6.45, 7) is 7.69. The molecule has 0 bridgehead atoms. The van der Waals surface area contributed by atoms with Crippen molar-refractivity contribution in [1.82, 2.24) is 41.7 Å². The first-order chi connectivity index (χ1) is 40.6. The molecule has 4 rings (SSSR count). The number of aliphatic imine (C=N–C) groups is 1. The lowest BCUT2D eigenvalue weighted by Gasteiger charge is -2.28. The monoisotopic (exact) mass is 1250 g/mol. The van der Waals surface area contributed by atoms with E-state index in [0.717, 1.165) is 29.2 Å². The van der Waals surface area contributed by atoms with Crippen molar-refractivity contribution in [1.29, 1.82) is 0 Å². The van der Waals surface area contributed by atoms with E-state index in [1.165, 1.54) is 35.9 Å². The molecule has 0 saturated heterocycles. The van der Waals surface area contributed by atoms with Gasteiger partial charge < -0.3 is 50.6 Å². The van der Waals surface area contributed by atoms with Crippen molar-refractivity contribution in [2.75, 3.05) is 77.9 Å². The Hall–Kier alpha value is -8.12. The highest BCUT2D eigenvalue weighted by Gasteiger charge is 2.73. The van der Waals surface area contributed by atoms with E-state index in [2.05, 4.69) is 48.4 Å². The number of alkyl halides is 7. The van der Waals surface area contributed by atoms with Gasteiger partial charge >= 0.3 is 23.2 Å². The summed E-state index contributed by atoms with van der Waals surface area (Å²) < 4.78 is 135. The molecule has 2 aromatic carbocycles. The number of benzene rings is 2. The largest absolute Gasteiger partial charge is 0.460 e. The average Bonchev–Trinajstić information content (AvgIpc) is 1.11. The Balaban J connectivity index is 1.26. The van der Waals surface area contributed by atoms with Crippen LogP contribution in [0.3, 0.4) is 0 Å². The molecular weight excluding hydrogens is 1190 g/mol. The fourth-order valence-electron chi connectivity index (χ4n) is 6.98. The SMILES string of the molecule is C=C(/C=C(/F)C(=NCc1ccc(NC(=O)[C@H](C)NC(=O)[C@@H](NC(=O)CCOCCOCCOCCOCCNC(=O)CCN2C(=O)C=CC2=O)C(C)C)cc1)NC(=O)c1cc([N+](=O)[O-])ccc1Sc1nn[nH][n+]1CCO)C(F)(F)C(F)(F)C(F)(F)F. The first kappa shape index (κ1) is 70.4. The summed E-state index contributed by atoms with van der Waals surface area (Å²) in [5.74, 6) is -21.5. The van der Waals surface area contributed by atoms with Crippen LogP contribution in [0.1, 0.15) is 49.5 Å². The number of halogens is 8. The third-order valence-corrected chi connectivity index (χ3v) is 12.7. The van der Waals surface area contributed by atoms with Crippen molar-refractivity contribution in [2.24, 2.45) is 10.9 Å². The van der Waals surface area contributed by atoms with Crippen LogP contribution in [0.5, 0.6) is 0 Å². The van der Waals surface area contributed by atoms with E-state index in [1.54, 1.807) is 13.8 Å². The number of aromatic amines is 1. The number of hydrogen-bond donors (Lipinski definition) is 7. The number of tetrazole rings is 1. The van der Waals surface area contributed by atoms with Gasteiger partial charge in [-0.3, -0.25) is 53.6 Å². The zero-order valence-corrected chi connectivity index (χ0v) is 47.0. The molecule has 7 amide bonds. The third kappa shape index (κ3) is 21.4. The Morgan fingerprint density at radius 1 is 0.860 bits per heavy atom. The van der Waals surface area contributed by atoms with E-state index in [-0.39, 0.29) is 113 Å². The third-order valence-electron chi connectivity index (χ3n) is 11.7. The van der Waals surface area contributed by atoms with Gasteiger partial charge in [0.1, 0.15) is 23.7 Å². The van der Waals surface area contributed by atoms with Gasteiger partial charge in [0.15, 0.2) is 16.9 Å². The normalized spacial score (nSPS) is 13.8. The number of aromatic nitrogens is 4. The Kier molecular flexibility index (Phi) is 27.4. The summed E-state index contributed by atoms with van der Waals surface area (Å²) in [6, 6.07) is 5.58. The fraction of sp³-hybridized carbons (Fsp3) is 0.471. The number of ether oxygens (including phenoxy) is 4. The lowest BCUT2D eigenvalue weighted by atomic mass is 10.0. The van der Waals surface area contributed by atoms with Gasteiger partial charge in [0.25, 0.3) is 23.4 Å². The van der Waals surface area contributed by atoms with Crippen LogP contribution < -0.4 is 31.3 Å². The van der Waals surface area contributed by atoms with Gasteiger partial charge in [-0.2, -0.15) is 35.4 Å². The molecule has 0 saturated carbocycles. The second-order valence-electron chi connectivity index (χ2n) is 18.4. The Labute approximate surface area is 488 Å². The molecule has 0 aliphatic carbocycles. The molecular formula is C51H61F8N12O14S+. The van der Waals surface area contributed by atoms with Crippen molar-refractivity contribution in [3.8, 4) is 0 Å². The highest BCUT2D eigenvalue weighted by atomic mass is 32.2. The smallest absolute Gasteiger partial charge is 0.393 e. The number of hydrogen-bond acceptors (Lipinski definition) is 18. The van der Waals surface area contributed by atoms with Crippen LogP contribution in [0, 0.1) is 16.0 Å². The standard InChI is InChI=1S/C51H60F8N12O14S/c1-30(2)43(64-40(74)14-19-82-21-23-84-25-26-85-24-22-83-20-15-60-39(73)13-16-69-41(75)11-12-42(69)76)47(79)62-32(4)45(77)63-34-7-5-33(6-8-34)29-61-44(37(52)27-31(3)49(53,54)50(55,56)51(57,58)59)65-46(78)36-28-35(71(80)81)9-10-38(36)86-48-66-67-68-70(48)17-18-72/h5-12,27-28,30,32,43,72H,3,13-26,29H2,1-2,4H3,(H5,60,61,62,63,64,65,73,74,77,78,79)/p+1/b37-27+/t32-,43-/m0/s1. The first-order valence-electron chi connectivity index (χ1n) is 25.8. The number of amidine groups is 1. The number of rotatable bonds is 36. The van der Waals surface area contributed by atoms with Crippen molar-refractivity contribution < 1.29 is 102 Å². The Morgan fingerprint density at radius 3 is 2.05 bits per heavy atom. The van der Waals surface area contributed by atoms with Crippen molar-refractivity contribution in [3.05, 3.63) is 99.9 Å². The lowest BCUT2D eigenvalue weighted by Crippen LogP contribution is -2.53. The summed E-state index contributed by atoms with van der Waals surface area (Å²) in [6.07, 6.45) is -5.22. The molecule has 86 heavy (non-hydrogen) atoms. The number of aliphatic hydroxyl groups is 1. The second kappa shape index (κ2) is 33.5. The number of non-ortho nitro benzene ring substituents is 1.